The Kier molecular flexibility index (Phi) is 28.5. The molecule has 1 unspecified atom stereocenters. The number of nitrogens with zero attached hydrogens (tertiary/aromatic N) is 3. The van der Waals surface area contributed by atoms with Crippen molar-refractivity contribution >= 4 is 50.2 Å². The maximum Gasteiger partial charge on any atom is 0.534 e. The Labute approximate surface area is 544 Å². The molecule has 4 aromatic carbocycles. The fourth-order valence-electron chi connectivity index (χ4n) is 10.6. The highest BCUT2D eigenvalue weighted by molar-refractivity contribution is 7.89. The number of carbonyl (C=O) groups is 5. The zero-order valence-corrected chi connectivity index (χ0v) is 55.0. The number of nitrogens with one attached hydrogen (secondary N) is 2. The van der Waals surface area contributed by atoms with Crippen molar-refractivity contribution in [3.05, 3.63) is 120 Å². The van der Waals surface area contributed by atoms with Crippen LogP contribution in [0.15, 0.2) is 119 Å². The van der Waals surface area contributed by atoms with Gasteiger partial charge in [-0.2, -0.15) is 0 Å². The van der Waals surface area contributed by atoms with Gasteiger partial charge in [0.05, 0.1) is 100 Å². The van der Waals surface area contributed by atoms with E-state index in [0.29, 0.717) is 55.8 Å². The molecule has 0 spiro atoms. The third kappa shape index (κ3) is 23.8. The number of hydrogen-bond donors (Lipinski definition) is 4. The third-order valence-electron chi connectivity index (χ3n) is 15.6. The van der Waals surface area contributed by atoms with Crippen LogP contribution in [0.5, 0.6) is 11.5 Å². The van der Waals surface area contributed by atoms with Gasteiger partial charge in [-0.3, -0.25) is 24.1 Å². The lowest BCUT2D eigenvalue weighted by molar-refractivity contribution is -0.178. The van der Waals surface area contributed by atoms with Crippen molar-refractivity contribution in [2.45, 2.75) is 188 Å². The Hall–Kier alpha value is -6.99. The van der Waals surface area contributed by atoms with E-state index < -0.39 is 80.1 Å². The number of carbonyl (C=O) groups excluding carboxylic acids is 5. The second kappa shape index (κ2) is 36.0. The summed E-state index contributed by atoms with van der Waals surface area (Å²) >= 11 is 0. The summed E-state index contributed by atoms with van der Waals surface area (Å²) in [4.78, 5) is 75.4. The lowest BCUT2D eigenvalue weighted by Crippen LogP contribution is -2.52. The summed E-state index contributed by atoms with van der Waals surface area (Å²) in [6.45, 7) is 6.17. The molecule has 0 bridgehead atoms. The van der Waals surface area contributed by atoms with Crippen LogP contribution in [0.3, 0.4) is 0 Å². The molecular formula is C65H89N5O21S2. The van der Waals surface area contributed by atoms with Crippen molar-refractivity contribution in [2.75, 3.05) is 53.7 Å². The number of ether oxygens (including phenoxy) is 7. The van der Waals surface area contributed by atoms with Crippen LogP contribution in [0.1, 0.15) is 122 Å². The molecule has 2 aliphatic carbocycles. The van der Waals surface area contributed by atoms with Gasteiger partial charge < -0.3 is 54.0 Å². The average molecular weight is 1340 g/mol. The van der Waals surface area contributed by atoms with E-state index in [9.17, 15) is 51.0 Å². The lowest BCUT2D eigenvalue weighted by Gasteiger charge is -2.33. The summed E-state index contributed by atoms with van der Waals surface area (Å²) in [5.74, 6) is -0.00510. The highest BCUT2D eigenvalue weighted by atomic mass is 32.2. The maximum absolute atomic E-state index is 13.7. The van der Waals surface area contributed by atoms with Crippen molar-refractivity contribution in [2.24, 2.45) is 0 Å². The van der Waals surface area contributed by atoms with Gasteiger partial charge in [0.15, 0.2) is 0 Å². The number of hydrogen-bond acceptors (Lipinski definition) is 21. The normalized spacial score (nSPS) is 19.4. The number of rotatable bonds is 25. The fourth-order valence-corrected chi connectivity index (χ4v) is 13.2. The first-order chi connectivity index (χ1) is 44.5. The van der Waals surface area contributed by atoms with E-state index in [1.807, 2.05) is 60.7 Å². The summed E-state index contributed by atoms with van der Waals surface area (Å²) in [6.07, 6.45) is 4.39. The molecule has 26 nitrogen and oxygen atoms in total. The summed E-state index contributed by atoms with van der Waals surface area (Å²) in [5.41, 5.74) is 0.995. The van der Waals surface area contributed by atoms with Gasteiger partial charge in [-0.05, 0) is 119 Å². The molecule has 4 amide bonds. The number of benzene rings is 4. The van der Waals surface area contributed by atoms with Crippen LogP contribution in [-0.2, 0) is 80.7 Å². The molecule has 28 heteroatoms. The Bertz CT molecular complexity index is 3180. The number of amides is 4. The molecule has 4 aromatic rings. The first kappa shape index (κ1) is 73.4. The van der Waals surface area contributed by atoms with Gasteiger partial charge in [-0.1, -0.05) is 113 Å². The molecule has 0 radical (unpaired) electrons. The summed E-state index contributed by atoms with van der Waals surface area (Å²) < 4.78 is 92.8. The monoisotopic (exact) mass is 1340 g/mol. The number of alkyl carbamates (subject to hydrolysis) is 2. The number of hydroxylamine groups is 4. The van der Waals surface area contributed by atoms with Gasteiger partial charge in [0.1, 0.15) is 29.3 Å². The maximum atomic E-state index is 13.7. The first-order valence-electron chi connectivity index (χ1n) is 31.5. The van der Waals surface area contributed by atoms with Crippen LogP contribution in [-0.4, -0.2) is 179 Å². The first-order valence-corrected chi connectivity index (χ1v) is 34.3. The van der Waals surface area contributed by atoms with Gasteiger partial charge in [-0.25, -0.2) is 31.2 Å². The zero-order chi connectivity index (χ0) is 67.0. The molecule has 9 rings (SSSR count). The zero-order valence-electron chi connectivity index (χ0n) is 53.4. The van der Waals surface area contributed by atoms with E-state index in [1.165, 1.54) is 38.5 Å². The van der Waals surface area contributed by atoms with Crippen molar-refractivity contribution < 1.29 is 98.7 Å². The van der Waals surface area contributed by atoms with Gasteiger partial charge in [0.2, 0.25) is 0 Å². The second-order valence-corrected chi connectivity index (χ2v) is 27.7. The molecule has 93 heavy (non-hydrogen) atoms. The summed E-state index contributed by atoms with van der Waals surface area (Å²) in [7, 11) is -5.27. The van der Waals surface area contributed by atoms with Gasteiger partial charge >= 0.3 is 18.3 Å². The molecule has 3 aliphatic heterocycles. The van der Waals surface area contributed by atoms with Crippen LogP contribution in [0.2, 0.25) is 0 Å². The molecule has 512 valence electrons. The van der Waals surface area contributed by atoms with E-state index in [2.05, 4.69) is 15.5 Å². The van der Waals surface area contributed by atoms with Crippen molar-refractivity contribution in [1.82, 2.24) is 24.6 Å². The van der Waals surface area contributed by atoms with Crippen molar-refractivity contribution in [1.29, 1.82) is 0 Å². The molecule has 5 fully saturated rings. The fraction of sp³-hybridized carbons (Fsp3) is 0.554. The standard InChI is InChI=1S/C28H38N2O8S.C28H40N2O7S.C9H11NO6/c1-35-22-12-14-25(15-13-22)39(33,34)30(38-23-10-6-3-7-11-23)19-27(31)26(18-21-8-4-2-5-9-21)29-28(32)37-24-16-17-36-20-24;1-28(2,3)36-27(32)29-25(19-21-11-7-5-8-12-21)26(31)20-30(37-23-13-9-6-10-14-23)38(33,34)24-17-15-22(35-4)16-18-24;11-7-1-2-8(12)10(7)16-9(13)15-6-3-4-14-5-6/h2,4-5,8-9,12-15,23-24,26-27,31H,3,6-7,10-11,16-20H2,1H3,(H,29,32);5,7-8,11-12,15-18,23,25-26,31H,6,9-10,13-14,19-20H2,1-4H3,(H,29,32);6H,1-5H2/t24?,26-,27+;25-,26+;6-/m000/s1. The van der Waals surface area contributed by atoms with E-state index in [1.54, 1.807) is 45.0 Å². The lowest BCUT2D eigenvalue weighted by atomic mass is 9.98. The summed E-state index contributed by atoms with van der Waals surface area (Å²) in [5, 5.41) is 28.6. The Morgan fingerprint density at radius 2 is 0.957 bits per heavy atom. The number of aliphatic hydroxyl groups excluding tert-OH is 2. The van der Waals surface area contributed by atoms with Crippen LogP contribution >= 0.6 is 0 Å². The Morgan fingerprint density at radius 1 is 0.559 bits per heavy atom. The van der Waals surface area contributed by atoms with Gasteiger partial charge in [0.25, 0.3) is 31.9 Å². The summed E-state index contributed by atoms with van der Waals surface area (Å²) in [6, 6.07) is 29.0. The van der Waals surface area contributed by atoms with Gasteiger partial charge in [-0.15, -0.1) is 0 Å². The van der Waals surface area contributed by atoms with Crippen LogP contribution < -0.4 is 20.1 Å². The van der Waals surface area contributed by atoms with E-state index in [4.69, 9.17) is 42.8 Å². The number of imide groups is 1. The molecular weight excluding hydrogens is 1250 g/mol. The minimum atomic E-state index is -4.14. The minimum absolute atomic E-state index is 0.0134. The topological polar surface area (TPSA) is 320 Å². The SMILES string of the molecule is COc1ccc(S(=O)(=O)N(C[C@@H](O)[C@H](Cc2ccccc2)NC(=O)OC(C)(C)C)OC2CCCCC2)cc1.COc1ccc(S(=O)(=O)N(C[C@@H](O)[C@H](Cc2ccccc2)NC(=O)OC2CCOC2)OC2CCCCC2)cc1.O=C(O[C@H]1CCOC1)ON1C(=O)CCC1=O. The Morgan fingerprint density at radius 3 is 1.33 bits per heavy atom. The number of methoxy groups -OCH3 is 2. The minimum Gasteiger partial charge on any atom is -0.497 e. The van der Waals surface area contributed by atoms with E-state index >= 15 is 0 Å². The van der Waals surface area contributed by atoms with Crippen LogP contribution in [0, 0.1) is 0 Å². The molecule has 5 aliphatic rings. The molecule has 3 heterocycles. The second-order valence-electron chi connectivity index (χ2n) is 24.0. The third-order valence-corrected chi connectivity index (χ3v) is 18.9. The van der Waals surface area contributed by atoms with Crippen LogP contribution in [0.25, 0.3) is 0 Å². The quantitative estimate of drug-likeness (QED) is 0.0212. The smallest absolute Gasteiger partial charge is 0.497 e. The van der Waals surface area contributed by atoms with Crippen LogP contribution in [0.4, 0.5) is 14.4 Å². The number of sulfonamides is 2. The molecule has 6 atom stereocenters. The highest BCUT2D eigenvalue weighted by Crippen LogP contribution is 2.29. The molecule has 3 saturated heterocycles. The Balaban J connectivity index is 0.000000214. The molecule has 4 N–H and O–H groups in total. The van der Waals surface area contributed by atoms with E-state index in [-0.39, 0.29) is 73.0 Å². The highest BCUT2D eigenvalue weighted by Gasteiger charge is 2.38. The predicted molar refractivity (Wildman–Crippen MR) is 336 cm³/mol. The number of aliphatic hydroxyl groups is 2. The van der Waals surface area contributed by atoms with Gasteiger partial charge in [0, 0.05) is 25.7 Å². The van der Waals surface area contributed by atoms with Crippen molar-refractivity contribution in [3.8, 4) is 11.5 Å². The van der Waals surface area contributed by atoms with Crippen molar-refractivity contribution in [3.63, 3.8) is 0 Å². The largest absolute Gasteiger partial charge is 0.534 e. The average Bonchev–Trinajstić information content (AvgIpc) is 1.62. The predicted octanol–water partition coefficient (Wildman–Crippen LogP) is 7.88. The van der Waals surface area contributed by atoms with E-state index in [0.717, 1.165) is 84.3 Å². The molecule has 0 aromatic heterocycles. The molecule has 2 saturated carbocycles.